The predicted octanol–water partition coefficient (Wildman–Crippen LogP) is 0.844. The zero-order valence-corrected chi connectivity index (χ0v) is 16.2. The largest absolute Gasteiger partial charge is 0.388 e. The van der Waals surface area contributed by atoms with Gasteiger partial charge in [-0.05, 0) is 24.4 Å². The molecule has 3 unspecified atom stereocenters. The minimum absolute atomic E-state index is 0.252. The first-order chi connectivity index (χ1) is 14.0. The van der Waals surface area contributed by atoms with Crippen LogP contribution >= 0.6 is 0 Å². The Bertz CT molecular complexity index is 950. The van der Waals surface area contributed by atoms with E-state index in [2.05, 4.69) is 39.3 Å². The van der Waals surface area contributed by atoms with Gasteiger partial charge in [-0.25, -0.2) is 15.0 Å². The van der Waals surface area contributed by atoms with Gasteiger partial charge in [0.2, 0.25) is 0 Å². The molecular formula is C20H26N6O3. The van der Waals surface area contributed by atoms with Crippen LogP contribution in [0, 0.1) is 5.92 Å². The number of aliphatic hydroxyl groups excluding tert-OH is 2. The van der Waals surface area contributed by atoms with Gasteiger partial charge in [-0.15, -0.1) is 0 Å². The standard InChI is InChI=1S/C20H26N6O3/c1-12(8-22-9-13-5-3-2-4-6-13)7-14-16(27)17(28)20(29-14)26-11-25-15-18(21)23-10-24-19(15)26/h2-6,10-12,14,16-17,20,22,27-28H,7-9H2,1H3,(H2,21,23,24)/t12?,14-,16?,17?,20-/m1/s1. The number of nitrogens with zero attached hydrogens (tertiary/aromatic N) is 4. The Morgan fingerprint density at radius 2 is 1.97 bits per heavy atom. The number of aliphatic hydroxyl groups is 2. The molecule has 0 radical (unpaired) electrons. The van der Waals surface area contributed by atoms with Crippen molar-refractivity contribution in [3.8, 4) is 0 Å². The lowest BCUT2D eigenvalue weighted by Gasteiger charge is -2.20. The Kier molecular flexibility index (Phi) is 5.72. The van der Waals surface area contributed by atoms with E-state index in [0.717, 1.165) is 13.1 Å². The fourth-order valence-electron chi connectivity index (χ4n) is 3.75. The maximum Gasteiger partial charge on any atom is 0.167 e. The van der Waals surface area contributed by atoms with E-state index in [9.17, 15) is 10.2 Å². The molecule has 9 nitrogen and oxygen atoms in total. The van der Waals surface area contributed by atoms with Crippen molar-refractivity contribution in [3.63, 3.8) is 0 Å². The highest BCUT2D eigenvalue weighted by atomic mass is 16.6. The van der Waals surface area contributed by atoms with Crippen molar-refractivity contribution in [3.05, 3.63) is 48.5 Å². The molecule has 0 aliphatic carbocycles. The lowest BCUT2D eigenvalue weighted by molar-refractivity contribution is -0.0406. The summed E-state index contributed by atoms with van der Waals surface area (Å²) in [5.74, 6) is 0.512. The fourth-order valence-corrected chi connectivity index (χ4v) is 3.75. The second-order valence-corrected chi connectivity index (χ2v) is 7.59. The van der Waals surface area contributed by atoms with Crippen LogP contribution in [-0.4, -0.2) is 54.6 Å². The summed E-state index contributed by atoms with van der Waals surface area (Å²) in [4.78, 5) is 12.3. The van der Waals surface area contributed by atoms with Gasteiger partial charge in [0.05, 0.1) is 12.4 Å². The molecule has 9 heteroatoms. The number of benzene rings is 1. The van der Waals surface area contributed by atoms with Gasteiger partial charge >= 0.3 is 0 Å². The van der Waals surface area contributed by atoms with E-state index < -0.39 is 24.5 Å². The lowest BCUT2D eigenvalue weighted by Crippen LogP contribution is -2.33. The SMILES string of the molecule is CC(CNCc1ccccc1)C[C@H]1O[C@@H](n2cnc3c(N)ncnc32)C(O)C1O. The molecule has 2 aromatic heterocycles. The lowest BCUT2D eigenvalue weighted by atomic mass is 9.99. The number of ether oxygens (including phenoxy) is 1. The Labute approximate surface area is 168 Å². The third kappa shape index (κ3) is 4.08. The molecule has 1 aliphatic heterocycles. The summed E-state index contributed by atoms with van der Waals surface area (Å²) >= 11 is 0. The molecule has 5 N–H and O–H groups in total. The minimum Gasteiger partial charge on any atom is -0.388 e. The Morgan fingerprint density at radius 1 is 1.17 bits per heavy atom. The quantitative estimate of drug-likeness (QED) is 0.460. The van der Waals surface area contributed by atoms with Gasteiger partial charge in [0.15, 0.2) is 17.7 Å². The van der Waals surface area contributed by atoms with Crippen LogP contribution in [0.15, 0.2) is 43.0 Å². The van der Waals surface area contributed by atoms with Crippen LogP contribution in [0.1, 0.15) is 25.1 Å². The van der Waals surface area contributed by atoms with Crippen molar-refractivity contribution >= 4 is 17.0 Å². The number of fused-ring (bicyclic) bond motifs is 1. The Morgan fingerprint density at radius 3 is 2.76 bits per heavy atom. The molecule has 0 spiro atoms. The molecule has 0 bridgehead atoms. The molecule has 4 rings (SSSR count). The maximum atomic E-state index is 10.6. The van der Waals surface area contributed by atoms with Crippen LogP contribution in [0.25, 0.3) is 11.2 Å². The number of nitrogen functional groups attached to an aromatic ring is 1. The van der Waals surface area contributed by atoms with Gasteiger partial charge in [-0.3, -0.25) is 4.57 Å². The number of nitrogens with two attached hydrogens (primary N) is 1. The fraction of sp³-hybridized carbons (Fsp3) is 0.450. The van der Waals surface area contributed by atoms with Crippen molar-refractivity contribution in [2.75, 3.05) is 12.3 Å². The van der Waals surface area contributed by atoms with E-state index in [1.54, 1.807) is 4.57 Å². The minimum atomic E-state index is -1.09. The van der Waals surface area contributed by atoms with Crippen LogP contribution in [-0.2, 0) is 11.3 Å². The normalized spacial score (nSPS) is 25.5. The average molecular weight is 398 g/mol. The first-order valence-corrected chi connectivity index (χ1v) is 9.74. The number of rotatable bonds is 7. The molecule has 3 heterocycles. The molecule has 1 aliphatic rings. The molecule has 3 aromatic rings. The molecule has 29 heavy (non-hydrogen) atoms. The Balaban J connectivity index is 1.37. The summed E-state index contributed by atoms with van der Waals surface area (Å²) in [6.45, 7) is 3.65. The first-order valence-electron chi connectivity index (χ1n) is 9.74. The summed E-state index contributed by atoms with van der Waals surface area (Å²) < 4.78 is 7.60. The first kappa shape index (κ1) is 19.7. The van der Waals surface area contributed by atoms with E-state index in [1.807, 2.05) is 18.2 Å². The molecule has 5 atom stereocenters. The topological polar surface area (TPSA) is 131 Å². The summed E-state index contributed by atoms with van der Waals surface area (Å²) in [6, 6.07) is 10.2. The van der Waals surface area contributed by atoms with E-state index >= 15 is 0 Å². The van der Waals surface area contributed by atoms with Gasteiger partial charge < -0.3 is 26.0 Å². The molecular weight excluding hydrogens is 372 g/mol. The van der Waals surface area contributed by atoms with Gasteiger partial charge in [-0.2, -0.15) is 0 Å². The van der Waals surface area contributed by atoms with E-state index in [-0.39, 0.29) is 11.7 Å². The van der Waals surface area contributed by atoms with Crippen LogP contribution in [0.5, 0.6) is 0 Å². The number of hydrogen-bond donors (Lipinski definition) is 4. The van der Waals surface area contributed by atoms with Gasteiger partial charge in [-0.1, -0.05) is 37.3 Å². The van der Waals surface area contributed by atoms with Crippen molar-refractivity contribution in [2.45, 2.75) is 44.4 Å². The number of imidazole rings is 1. The summed E-state index contributed by atoms with van der Waals surface area (Å²) in [5.41, 5.74) is 7.96. The molecule has 1 fully saturated rings. The number of hydrogen-bond acceptors (Lipinski definition) is 8. The molecule has 1 aromatic carbocycles. The third-order valence-corrected chi connectivity index (χ3v) is 5.30. The van der Waals surface area contributed by atoms with Gasteiger partial charge in [0, 0.05) is 6.54 Å². The summed E-state index contributed by atoms with van der Waals surface area (Å²) in [5, 5.41) is 24.5. The summed E-state index contributed by atoms with van der Waals surface area (Å²) in [6.07, 6.45) is 0.111. The van der Waals surface area contributed by atoms with Gasteiger partial charge in [0.25, 0.3) is 0 Å². The number of anilines is 1. The van der Waals surface area contributed by atoms with E-state index in [1.165, 1.54) is 18.2 Å². The van der Waals surface area contributed by atoms with E-state index in [4.69, 9.17) is 10.5 Å². The highest BCUT2D eigenvalue weighted by molar-refractivity contribution is 5.81. The molecule has 1 saturated heterocycles. The van der Waals surface area contributed by atoms with Crippen LogP contribution in [0.4, 0.5) is 5.82 Å². The number of nitrogens with one attached hydrogen (secondary N) is 1. The van der Waals surface area contributed by atoms with Crippen LogP contribution in [0.3, 0.4) is 0 Å². The second-order valence-electron chi connectivity index (χ2n) is 7.59. The van der Waals surface area contributed by atoms with Crippen LogP contribution in [0.2, 0.25) is 0 Å². The smallest absolute Gasteiger partial charge is 0.167 e. The highest BCUT2D eigenvalue weighted by Gasteiger charge is 2.44. The second kappa shape index (κ2) is 8.42. The van der Waals surface area contributed by atoms with Crippen molar-refractivity contribution in [1.82, 2.24) is 24.8 Å². The van der Waals surface area contributed by atoms with Crippen molar-refractivity contribution in [1.29, 1.82) is 0 Å². The monoisotopic (exact) mass is 398 g/mol. The van der Waals surface area contributed by atoms with Crippen molar-refractivity contribution in [2.24, 2.45) is 5.92 Å². The zero-order valence-electron chi connectivity index (χ0n) is 16.2. The van der Waals surface area contributed by atoms with Crippen LogP contribution < -0.4 is 11.1 Å². The zero-order chi connectivity index (χ0) is 20.4. The van der Waals surface area contributed by atoms with E-state index in [0.29, 0.717) is 17.6 Å². The average Bonchev–Trinajstić information content (AvgIpc) is 3.26. The van der Waals surface area contributed by atoms with Gasteiger partial charge in [0.1, 0.15) is 24.1 Å². The Hall–Kier alpha value is -2.59. The number of aromatic nitrogens is 4. The third-order valence-electron chi connectivity index (χ3n) is 5.30. The van der Waals surface area contributed by atoms with Crippen molar-refractivity contribution < 1.29 is 14.9 Å². The molecule has 154 valence electrons. The molecule has 0 amide bonds. The highest BCUT2D eigenvalue weighted by Crippen LogP contribution is 2.34. The molecule has 0 saturated carbocycles. The predicted molar refractivity (Wildman–Crippen MR) is 108 cm³/mol. The maximum absolute atomic E-state index is 10.6. The summed E-state index contributed by atoms with van der Waals surface area (Å²) in [7, 11) is 0.